The van der Waals surface area contributed by atoms with Crippen LogP contribution in [0.25, 0.3) is 11.1 Å². The Labute approximate surface area is 194 Å². The Kier molecular flexibility index (Phi) is 7.02. The molecule has 2 aromatic carbocycles. The first-order valence-electron chi connectivity index (χ1n) is 8.76. The number of benzene rings is 2. The summed E-state index contributed by atoms with van der Waals surface area (Å²) in [5, 5.41) is 52.2. The first-order valence-corrected chi connectivity index (χ1v) is 8.76. The molecule has 0 saturated carbocycles. The lowest BCUT2D eigenvalue weighted by atomic mass is 9.91. The molecule has 36 heavy (non-hydrogen) atoms. The Morgan fingerprint density at radius 2 is 0.972 bits per heavy atom. The maximum absolute atomic E-state index is 15.3. The molecule has 0 atom stereocenters. The zero-order valence-corrected chi connectivity index (χ0v) is 16.9. The molecule has 0 fully saturated rings. The molecular formula is C22H2F8N6. The number of halogens is 8. The van der Waals surface area contributed by atoms with Crippen LogP contribution in [-0.4, -0.2) is 0 Å². The highest BCUT2D eigenvalue weighted by molar-refractivity contribution is 5.81. The van der Waals surface area contributed by atoms with Crippen molar-refractivity contribution in [2.75, 3.05) is 0 Å². The van der Waals surface area contributed by atoms with Gasteiger partial charge in [-0.1, -0.05) is 0 Å². The third kappa shape index (κ3) is 4.36. The van der Waals surface area contributed by atoms with Gasteiger partial charge in [-0.15, -0.1) is 0 Å². The second-order valence-electron chi connectivity index (χ2n) is 6.49. The predicted molar refractivity (Wildman–Crippen MR) is 99.0 cm³/mol. The van der Waals surface area contributed by atoms with Gasteiger partial charge in [-0.2, -0.15) is 57.9 Å². The van der Waals surface area contributed by atoms with Gasteiger partial charge >= 0.3 is 12.4 Å². The number of nitrogens with zero attached hydrogens (tertiary/aromatic N) is 6. The van der Waals surface area contributed by atoms with Crippen LogP contribution in [0.1, 0.15) is 33.4 Å². The van der Waals surface area contributed by atoms with Gasteiger partial charge in [-0.05, 0) is 17.7 Å². The minimum atomic E-state index is -5.57. The minimum absolute atomic E-state index is 0.104. The monoisotopic (exact) mass is 502 g/mol. The molecule has 0 aliphatic carbocycles. The van der Waals surface area contributed by atoms with Crippen molar-refractivity contribution in [2.45, 2.75) is 12.4 Å². The average Bonchev–Trinajstić information content (AvgIpc) is 2.81. The van der Waals surface area contributed by atoms with Crippen molar-refractivity contribution in [3.05, 3.63) is 67.6 Å². The molecule has 0 unspecified atom stereocenters. The summed E-state index contributed by atoms with van der Waals surface area (Å²) in [4.78, 5) is 0. The van der Waals surface area contributed by atoms with Crippen LogP contribution >= 0.6 is 0 Å². The van der Waals surface area contributed by atoms with E-state index in [2.05, 4.69) is 0 Å². The van der Waals surface area contributed by atoms with Gasteiger partial charge in [0.2, 0.25) is 0 Å². The number of alkyl halides is 6. The van der Waals surface area contributed by atoms with Crippen LogP contribution in [0, 0.1) is 79.6 Å². The molecule has 0 aromatic heterocycles. The van der Waals surface area contributed by atoms with E-state index in [1.807, 2.05) is 0 Å². The van der Waals surface area contributed by atoms with Crippen molar-refractivity contribution in [1.29, 1.82) is 31.6 Å². The van der Waals surface area contributed by atoms with Crippen LogP contribution in [0.15, 0.2) is 12.1 Å². The standard InChI is InChI=1S/C22H2F8N6/c23-19-14(8-36)18(20(24)13(7-35)17(19)10(3-31)4-32)11(5-33)9-1-15(21(25,26)27)12(6-34)16(2-9)22(28,29)30/h1-2H/b18-11+. The molecule has 0 radical (unpaired) electrons. The van der Waals surface area contributed by atoms with Crippen LogP contribution in [0.2, 0.25) is 0 Å². The Morgan fingerprint density at radius 1 is 0.583 bits per heavy atom. The molecule has 0 amide bonds. The van der Waals surface area contributed by atoms with E-state index in [1.54, 1.807) is 0 Å². The maximum atomic E-state index is 15.3. The smallest absolute Gasteiger partial charge is 0.205 e. The van der Waals surface area contributed by atoms with Gasteiger partial charge in [-0.3, -0.25) is 0 Å². The summed E-state index contributed by atoms with van der Waals surface area (Å²) < 4.78 is 111. The second kappa shape index (κ2) is 9.43. The van der Waals surface area contributed by atoms with E-state index in [4.69, 9.17) is 15.8 Å². The van der Waals surface area contributed by atoms with Crippen molar-refractivity contribution in [2.24, 2.45) is 0 Å². The fraction of sp³-hybridized carbons (Fsp3) is 0.0909. The largest absolute Gasteiger partial charge is 0.417 e. The Bertz CT molecular complexity index is 1640. The number of hydrogen-bond acceptors (Lipinski definition) is 6. The molecule has 0 aliphatic heterocycles. The van der Waals surface area contributed by atoms with Crippen molar-refractivity contribution >= 4 is 11.1 Å². The lowest BCUT2D eigenvalue weighted by Crippen LogP contribution is -2.30. The van der Waals surface area contributed by atoms with Crippen LogP contribution in [-0.2, 0) is 12.4 Å². The van der Waals surface area contributed by atoms with E-state index >= 15 is 8.78 Å². The molecule has 0 N–H and O–H groups in total. The van der Waals surface area contributed by atoms with Gasteiger partial charge < -0.3 is 0 Å². The predicted octanol–water partition coefficient (Wildman–Crippen LogP) is 3.54. The molecule has 2 rings (SSSR count). The molecule has 6 nitrogen and oxygen atoms in total. The normalized spacial score (nSPS) is 11.6. The highest BCUT2D eigenvalue weighted by atomic mass is 19.4. The third-order valence-corrected chi connectivity index (χ3v) is 4.59. The fourth-order valence-electron chi connectivity index (χ4n) is 3.12. The van der Waals surface area contributed by atoms with E-state index in [0.29, 0.717) is 0 Å². The molecule has 2 aromatic rings. The summed E-state index contributed by atoms with van der Waals surface area (Å²) in [6.07, 6.45) is -11.1. The van der Waals surface area contributed by atoms with Crippen LogP contribution in [0.3, 0.4) is 0 Å². The van der Waals surface area contributed by atoms with Gasteiger partial charge in [-0.25, -0.2) is 8.78 Å². The van der Waals surface area contributed by atoms with Crippen LogP contribution in [0.5, 0.6) is 0 Å². The maximum Gasteiger partial charge on any atom is 0.417 e. The number of hydrogen-bond donors (Lipinski definition) is 0. The minimum Gasteiger partial charge on any atom is -0.205 e. The molecule has 14 heteroatoms. The third-order valence-electron chi connectivity index (χ3n) is 4.59. The Hall–Kier alpha value is -5.44. The first-order chi connectivity index (χ1) is 16.7. The quantitative estimate of drug-likeness (QED) is 0.546. The Balaban J connectivity index is 3.42. The highest BCUT2D eigenvalue weighted by Gasteiger charge is 2.42. The summed E-state index contributed by atoms with van der Waals surface area (Å²) >= 11 is 0. The van der Waals surface area contributed by atoms with Crippen LogP contribution < -0.4 is 10.4 Å². The highest BCUT2D eigenvalue weighted by Crippen LogP contribution is 2.40. The fourth-order valence-corrected chi connectivity index (χ4v) is 3.12. The molecule has 0 saturated heterocycles. The molecular weight excluding hydrogens is 500 g/mol. The zero-order valence-electron chi connectivity index (χ0n) is 16.9. The molecule has 0 spiro atoms. The van der Waals surface area contributed by atoms with Gasteiger partial charge in [0.15, 0.2) is 11.6 Å². The van der Waals surface area contributed by atoms with Crippen molar-refractivity contribution in [3.63, 3.8) is 0 Å². The summed E-state index contributed by atoms with van der Waals surface area (Å²) in [6, 6.07) is 6.13. The van der Waals surface area contributed by atoms with Crippen molar-refractivity contribution < 1.29 is 35.1 Å². The van der Waals surface area contributed by atoms with Gasteiger partial charge in [0.25, 0.3) is 0 Å². The van der Waals surface area contributed by atoms with Crippen LogP contribution in [0.4, 0.5) is 35.1 Å². The van der Waals surface area contributed by atoms with Crippen molar-refractivity contribution in [1.82, 2.24) is 0 Å². The zero-order chi connectivity index (χ0) is 27.6. The van der Waals surface area contributed by atoms with E-state index in [-0.39, 0.29) is 12.1 Å². The Morgan fingerprint density at radius 3 is 1.31 bits per heavy atom. The first kappa shape index (κ1) is 26.8. The van der Waals surface area contributed by atoms with E-state index < -0.39 is 79.0 Å². The van der Waals surface area contributed by atoms with E-state index in [0.717, 1.165) is 36.4 Å². The number of nitriles is 6. The molecule has 0 bridgehead atoms. The SMILES string of the molecule is N#CC(C#N)=c1c(F)c(C#N)/c(=C(/C#N)c2cc(C(F)(F)F)c(C#N)c(C(F)(F)F)c2)c(F)c1C#N. The topological polar surface area (TPSA) is 143 Å². The average molecular weight is 502 g/mol. The number of rotatable bonds is 1. The summed E-state index contributed by atoms with van der Waals surface area (Å²) in [5.74, 6) is -3.85. The van der Waals surface area contributed by atoms with E-state index in [9.17, 15) is 42.1 Å². The van der Waals surface area contributed by atoms with Gasteiger partial charge in [0.1, 0.15) is 53.1 Å². The van der Waals surface area contributed by atoms with E-state index in [1.165, 1.54) is 0 Å². The summed E-state index contributed by atoms with van der Waals surface area (Å²) in [6.45, 7) is 0. The molecule has 0 aliphatic rings. The van der Waals surface area contributed by atoms with Gasteiger partial charge in [0.05, 0.1) is 32.7 Å². The molecule has 176 valence electrons. The lowest BCUT2D eigenvalue weighted by molar-refractivity contribution is -0.143. The second-order valence-corrected chi connectivity index (χ2v) is 6.49. The van der Waals surface area contributed by atoms with Crippen molar-refractivity contribution in [3.8, 4) is 36.4 Å². The molecule has 0 heterocycles. The summed E-state index contributed by atoms with van der Waals surface area (Å²) in [5.41, 5.74) is -13.0. The summed E-state index contributed by atoms with van der Waals surface area (Å²) in [7, 11) is 0. The van der Waals surface area contributed by atoms with Gasteiger partial charge in [0, 0.05) is 0 Å². The lowest BCUT2D eigenvalue weighted by Gasteiger charge is -2.17.